The molecule has 1 fully saturated rings. The first-order valence-electron chi connectivity index (χ1n) is 12.2. The number of amides is 1. The highest BCUT2D eigenvalue weighted by molar-refractivity contribution is 6.01. The van der Waals surface area contributed by atoms with Gasteiger partial charge in [0.1, 0.15) is 17.2 Å². The summed E-state index contributed by atoms with van der Waals surface area (Å²) in [5.74, 6) is -0.511. The maximum Gasteiger partial charge on any atom is 0.251 e. The summed E-state index contributed by atoms with van der Waals surface area (Å²) in [5.41, 5.74) is 3.33. The van der Waals surface area contributed by atoms with E-state index in [0.29, 0.717) is 24.0 Å². The minimum absolute atomic E-state index is 0.189. The van der Waals surface area contributed by atoms with Crippen molar-refractivity contribution in [3.05, 3.63) is 90.1 Å². The number of halogens is 1. The van der Waals surface area contributed by atoms with Gasteiger partial charge in [0.05, 0.1) is 11.1 Å². The van der Waals surface area contributed by atoms with Crippen LogP contribution >= 0.6 is 0 Å². The highest BCUT2D eigenvalue weighted by atomic mass is 19.1. The van der Waals surface area contributed by atoms with Gasteiger partial charge in [-0.2, -0.15) is 5.10 Å². The number of fused-ring (bicyclic) bond motifs is 2. The second kappa shape index (κ2) is 8.87. The molecule has 7 nitrogen and oxygen atoms in total. The third-order valence-corrected chi connectivity index (χ3v) is 7.12. The number of imidazole rings is 1. The zero-order valence-electron chi connectivity index (χ0n) is 19.6. The predicted octanol–water partition coefficient (Wildman–Crippen LogP) is 4.66. The third-order valence-electron chi connectivity index (χ3n) is 7.12. The summed E-state index contributed by atoms with van der Waals surface area (Å²) in [6, 6.07) is 15.7. The number of pyridine rings is 1. The van der Waals surface area contributed by atoms with Crippen LogP contribution in [0.25, 0.3) is 27.8 Å². The lowest BCUT2D eigenvalue weighted by Gasteiger charge is -2.37. The molecule has 3 aromatic heterocycles. The maximum atomic E-state index is 14.2. The number of H-pyrrole nitrogens is 1. The van der Waals surface area contributed by atoms with Gasteiger partial charge >= 0.3 is 0 Å². The van der Waals surface area contributed by atoms with Crippen LogP contribution in [0.4, 0.5) is 4.39 Å². The predicted molar refractivity (Wildman–Crippen MR) is 135 cm³/mol. The molecule has 36 heavy (non-hydrogen) atoms. The van der Waals surface area contributed by atoms with E-state index >= 15 is 0 Å². The van der Waals surface area contributed by atoms with Crippen LogP contribution in [0.5, 0.6) is 0 Å². The smallest absolute Gasteiger partial charge is 0.251 e. The Hall–Kier alpha value is -4.04. The van der Waals surface area contributed by atoms with Gasteiger partial charge in [0, 0.05) is 47.6 Å². The number of aliphatic hydroxyl groups is 1. The monoisotopic (exact) mass is 483 g/mol. The summed E-state index contributed by atoms with van der Waals surface area (Å²) in [6.45, 7) is 0. The number of hydrogen-bond donors (Lipinski definition) is 3. The highest BCUT2D eigenvalue weighted by Gasteiger charge is 2.35. The number of aromatic amines is 1. The standard InChI is InChI=1S/C28H26FN5O2/c29-23-6-2-1-4-19(23)15-28(36)11-3-5-21(16-28)31-27(35)18-7-9-24-22(14-18)26(33-32-24)20-8-10-25-30-12-13-34(25)17-20/h1-2,4,6-10,12-14,17,21,36H,3,5,11,15-16H2,(H,31,35)(H,32,33)/t21-,28+/m1/s1. The number of carbonyl (C=O) groups is 1. The van der Waals surface area contributed by atoms with Crippen LogP contribution in [0, 0.1) is 5.82 Å². The Morgan fingerprint density at radius 2 is 2.11 bits per heavy atom. The van der Waals surface area contributed by atoms with E-state index in [2.05, 4.69) is 20.5 Å². The first kappa shape index (κ1) is 22.4. The van der Waals surface area contributed by atoms with E-state index in [1.165, 1.54) is 6.07 Å². The SMILES string of the molecule is O=C(N[C@@H]1CCC[C@](O)(Cc2ccccc2F)C1)c1ccc2[nH]nc(-c3ccc4nccn4c3)c2c1. The molecule has 2 aromatic carbocycles. The molecule has 2 atom stereocenters. The summed E-state index contributed by atoms with van der Waals surface area (Å²) in [4.78, 5) is 17.5. The van der Waals surface area contributed by atoms with Crippen LogP contribution in [0.2, 0.25) is 0 Å². The van der Waals surface area contributed by atoms with E-state index < -0.39 is 5.60 Å². The van der Waals surface area contributed by atoms with Gasteiger partial charge in [-0.3, -0.25) is 9.89 Å². The molecule has 182 valence electrons. The van der Waals surface area contributed by atoms with Gasteiger partial charge in [-0.25, -0.2) is 9.37 Å². The first-order valence-corrected chi connectivity index (χ1v) is 12.2. The molecule has 5 aromatic rings. The van der Waals surface area contributed by atoms with Crippen LogP contribution in [0.15, 0.2) is 73.2 Å². The van der Waals surface area contributed by atoms with Crippen molar-refractivity contribution in [1.82, 2.24) is 24.9 Å². The van der Waals surface area contributed by atoms with E-state index in [9.17, 15) is 14.3 Å². The molecule has 0 aliphatic heterocycles. The fraction of sp³-hybridized carbons (Fsp3) is 0.250. The molecule has 0 spiro atoms. The quantitative estimate of drug-likeness (QED) is 0.339. The van der Waals surface area contributed by atoms with Gasteiger partial charge in [0.25, 0.3) is 5.91 Å². The van der Waals surface area contributed by atoms with Crippen molar-refractivity contribution >= 4 is 22.5 Å². The van der Waals surface area contributed by atoms with Crippen molar-refractivity contribution in [2.45, 2.75) is 43.7 Å². The van der Waals surface area contributed by atoms with Gasteiger partial charge in [0.15, 0.2) is 0 Å². The topological polar surface area (TPSA) is 95.3 Å². The number of rotatable bonds is 5. The lowest BCUT2D eigenvalue weighted by molar-refractivity contribution is -0.00685. The summed E-state index contributed by atoms with van der Waals surface area (Å²) >= 11 is 0. The number of hydrogen-bond acceptors (Lipinski definition) is 4. The number of nitrogens with one attached hydrogen (secondary N) is 2. The molecule has 1 aliphatic rings. The van der Waals surface area contributed by atoms with Crippen molar-refractivity contribution in [3.63, 3.8) is 0 Å². The molecular weight excluding hydrogens is 457 g/mol. The lowest BCUT2D eigenvalue weighted by Crippen LogP contribution is -2.46. The Labute approximate surface area is 207 Å². The van der Waals surface area contributed by atoms with Gasteiger partial charge in [-0.1, -0.05) is 18.2 Å². The number of aromatic nitrogens is 4. The zero-order valence-corrected chi connectivity index (χ0v) is 19.6. The average molecular weight is 484 g/mol. The van der Waals surface area contributed by atoms with Crippen molar-refractivity contribution < 1.29 is 14.3 Å². The minimum atomic E-state index is -1.05. The molecule has 1 amide bonds. The van der Waals surface area contributed by atoms with E-state index in [0.717, 1.165) is 40.6 Å². The molecule has 0 saturated heterocycles. The Kier molecular flexibility index (Phi) is 5.53. The fourth-order valence-corrected chi connectivity index (χ4v) is 5.32. The maximum absolute atomic E-state index is 14.2. The van der Waals surface area contributed by atoms with E-state index in [1.54, 1.807) is 30.5 Å². The molecule has 3 N–H and O–H groups in total. The molecule has 3 heterocycles. The fourth-order valence-electron chi connectivity index (χ4n) is 5.32. The third kappa shape index (κ3) is 4.24. The molecular formula is C28H26FN5O2. The van der Waals surface area contributed by atoms with Gasteiger partial charge in [0.2, 0.25) is 0 Å². The van der Waals surface area contributed by atoms with Crippen LogP contribution in [0.1, 0.15) is 41.6 Å². The Morgan fingerprint density at radius 1 is 1.22 bits per heavy atom. The lowest BCUT2D eigenvalue weighted by atomic mass is 9.78. The van der Waals surface area contributed by atoms with Crippen molar-refractivity contribution in [3.8, 4) is 11.3 Å². The number of carbonyl (C=O) groups excluding carboxylic acids is 1. The molecule has 0 radical (unpaired) electrons. The van der Waals surface area contributed by atoms with Crippen LogP contribution in [-0.2, 0) is 6.42 Å². The van der Waals surface area contributed by atoms with Gasteiger partial charge in [-0.05, 0) is 67.6 Å². The first-order chi connectivity index (χ1) is 17.5. The van der Waals surface area contributed by atoms with Crippen LogP contribution in [0.3, 0.4) is 0 Å². The Balaban J connectivity index is 1.21. The van der Waals surface area contributed by atoms with Crippen molar-refractivity contribution in [2.75, 3.05) is 0 Å². The second-order valence-corrected chi connectivity index (χ2v) is 9.70. The molecule has 0 unspecified atom stereocenters. The number of benzene rings is 2. The second-order valence-electron chi connectivity index (χ2n) is 9.70. The molecule has 1 aliphatic carbocycles. The van der Waals surface area contributed by atoms with E-state index in [4.69, 9.17) is 0 Å². The molecule has 6 rings (SSSR count). The number of nitrogens with zero attached hydrogens (tertiary/aromatic N) is 3. The van der Waals surface area contributed by atoms with E-state index in [-0.39, 0.29) is 24.2 Å². The van der Waals surface area contributed by atoms with Gasteiger partial charge < -0.3 is 14.8 Å². The van der Waals surface area contributed by atoms with Crippen molar-refractivity contribution in [2.24, 2.45) is 0 Å². The van der Waals surface area contributed by atoms with Crippen LogP contribution < -0.4 is 5.32 Å². The normalized spacial score (nSPS) is 20.1. The molecule has 8 heteroatoms. The Bertz CT molecular complexity index is 1570. The van der Waals surface area contributed by atoms with E-state index in [1.807, 2.05) is 41.1 Å². The highest BCUT2D eigenvalue weighted by Crippen LogP contribution is 2.33. The summed E-state index contributed by atoms with van der Waals surface area (Å²) < 4.78 is 16.1. The molecule has 0 bridgehead atoms. The molecule has 1 saturated carbocycles. The Morgan fingerprint density at radius 3 is 3.00 bits per heavy atom. The summed E-state index contributed by atoms with van der Waals surface area (Å²) in [6.07, 6.45) is 8.32. The zero-order chi connectivity index (χ0) is 24.7. The summed E-state index contributed by atoms with van der Waals surface area (Å²) in [7, 11) is 0. The largest absolute Gasteiger partial charge is 0.389 e. The van der Waals surface area contributed by atoms with Crippen molar-refractivity contribution in [1.29, 1.82) is 0 Å². The summed E-state index contributed by atoms with van der Waals surface area (Å²) in [5, 5.41) is 22.7. The van der Waals surface area contributed by atoms with Crippen LogP contribution in [-0.4, -0.2) is 42.2 Å². The average Bonchev–Trinajstić information content (AvgIpc) is 3.51. The minimum Gasteiger partial charge on any atom is -0.389 e. The van der Waals surface area contributed by atoms with Gasteiger partial charge in [-0.15, -0.1) is 0 Å².